The molecule has 0 bridgehead atoms. The van der Waals surface area contributed by atoms with Crippen molar-refractivity contribution < 1.29 is 28.8 Å². The monoisotopic (exact) mass is 170 g/mol. The molecular formula is C5H8F2O4. The van der Waals surface area contributed by atoms with E-state index < -0.39 is 31.0 Å². The average Bonchev–Trinajstić information content (AvgIpc) is 2.14. The molecule has 1 aliphatic heterocycles. The fraction of sp³-hybridized carbons (Fsp3) is 1.00. The van der Waals surface area contributed by atoms with E-state index >= 15 is 0 Å². The van der Waals surface area contributed by atoms with E-state index in [9.17, 15) is 8.78 Å². The predicted molar refractivity (Wildman–Crippen MR) is 28.9 cm³/mol. The molecule has 0 spiro atoms. The molecule has 3 N–H and O–H groups in total. The molecule has 1 rings (SSSR count). The zero-order valence-corrected chi connectivity index (χ0v) is 5.44. The van der Waals surface area contributed by atoms with Crippen LogP contribution in [0.2, 0.25) is 0 Å². The van der Waals surface area contributed by atoms with Crippen LogP contribution in [0.15, 0.2) is 0 Å². The Kier molecular flexibility index (Phi) is 2.10. The number of aliphatic hydroxyl groups is 3. The number of alkyl halides is 2. The van der Waals surface area contributed by atoms with Crippen molar-refractivity contribution >= 4 is 0 Å². The van der Waals surface area contributed by atoms with Crippen LogP contribution in [-0.2, 0) is 4.74 Å². The van der Waals surface area contributed by atoms with Crippen molar-refractivity contribution in [3.8, 4) is 0 Å². The fourth-order valence-corrected chi connectivity index (χ4v) is 0.868. The zero-order chi connectivity index (χ0) is 8.65. The van der Waals surface area contributed by atoms with Gasteiger partial charge in [-0.2, -0.15) is 8.78 Å². The van der Waals surface area contributed by atoms with Crippen molar-refractivity contribution in [3.05, 3.63) is 0 Å². The minimum absolute atomic E-state index is 0.742. The van der Waals surface area contributed by atoms with Gasteiger partial charge in [0.2, 0.25) is 6.29 Å². The van der Waals surface area contributed by atoms with E-state index in [4.69, 9.17) is 15.3 Å². The summed E-state index contributed by atoms with van der Waals surface area (Å²) in [5, 5.41) is 25.5. The summed E-state index contributed by atoms with van der Waals surface area (Å²) < 4.78 is 29.0. The summed E-state index contributed by atoms with van der Waals surface area (Å²) in [4.78, 5) is 0. The maximum Gasteiger partial charge on any atom is 0.325 e. The summed E-state index contributed by atoms with van der Waals surface area (Å²) in [6.07, 6.45) is -5.86. The molecule has 0 aromatic rings. The zero-order valence-electron chi connectivity index (χ0n) is 5.44. The van der Waals surface area contributed by atoms with Crippen molar-refractivity contribution in [2.24, 2.45) is 0 Å². The van der Waals surface area contributed by atoms with Gasteiger partial charge in [0.1, 0.15) is 6.10 Å². The van der Waals surface area contributed by atoms with Gasteiger partial charge in [-0.05, 0) is 0 Å². The first-order valence-corrected chi connectivity index (χ1v) is 3.00. The molecule has 4 nitrogen and oxygen atoms in total. The molecular weight excluding hydrogens is 162 g/mol. The highest BCUT2D eigenvalue weighted by Crippen LogP contribution is 2.34. The summed E-state index contributed by atoms with van der Waals surface area (Å²) in [6.45, 7) is -0.742. The van der Waals surface area contributed by atoms with E-state index in [2.05, 4.69) is 4.74 Å². The number of hydrogen-bond acceptors (Lipinski definition) is 4. The number of aliphatic hydroxyl groups excluding tert-OH is 3. The van der Waals surface area contributed by atoms with Gasteiger partial charge >= 0.3 is 5.92 Å². The van der Waals surface area contributed by atoms with Crippen LogP contribution in [0.3, 0.4) is 0 Å². The number of hydrogen-bond donors (Lipinski definition) is 3. The third kappa shape index (κ3) is 1.22. The van der Waals surface area contributed by atoms with Crippen LogP contribution >= 0.6 is 0 Å². The van der Waals surface area contributed by atoms with Gasteiger partial charge in [-0.15, -0.1) is 0 Å². The first-order chi connectivity index (χ1) is 5.00. The third-order valence-electron chi connectivity index (χ3n) is 1.56. The number of rotatable bonds is 1. The van der Waals surface area contributed by atoms with E-state index in [1.807, 2.05) is 0 Å². The molecule has 0 saturated carbocycles. The number of ether oxygens (including phenoxy) is 1. The van der Waals surface area contributed by atoms with Gasteiger partial charge in [0, 0.05) is 0 Å². The molecule has 1 aliphatic rings. The minimum Gasteiger partial charge on any atom is -0.394 e. The first kappa shape index (κ1) is 8.79. The SMILES string of the molecule is OC[C@@H]1O[C@@H](O)C(F)(F)[C@H]1O. The first-order valence-electron chi connectivity index (χ1n) is 3.00. The Morgan fingerprint density at radius 3 is 2.09 bits per heavy atom. The maximum absolute atomic E-state index is 12.4. The largest absolute Gasteiger partial charge is 0.394 e. The van der Waals surface area contributed by atoms with E-state index in [1.165, 1.54) is 0 Å². The molecule has 6 heteroatoms. The summed E-state index contributed by atoms with van der Waals surface area (Å²) in [5.41, 5.74) is 0. The quantitative estimate of drug-likeness (QED) is 0.457. The Balaban J connectivity index is 2.71. The van der Waals surface area contributed by atoms with Gasteiger partial charge in [0.25, 0.3) is 0 Å². The molecule has 1 fully saturated rings. The van der Waals surface area contributed by atoms with Crippen LogP contribution in [0.4, 0.5) is 8.78 Å². The summed E-state index contributed by atoms with van der Waals surface area (Å²) in [5.74, 6) is -3.69. The molecule has 0 aromatic carbocycles. The normalized spacial score (nSPS) is 42.8. The van der Waals surface area contributed by atoms with Crippen molar-refractivity contribution in [1.82, 2.24) is 0 Å². The molecule has 1 heterocycles. The molecule has 0 unspecified atom stereocenters. The second kappa shape index (κ2) is 2.63. The second-order valence-electron chi connectivity index (χ2n) is 2.33. The van der Waals surface area contributed by atoms with E-state index in [1.54, 1.807) is 0 Å². The molecule has 0 aromatic heterocycles. The lowest BCUT2D eigenvalue weighted by molar-refractivity contribution is -0.198. The highest BCUT2D eigenvalue weighted by molar-refractivity contribution is 4.92. The summed E-state index contributed by atoms with van der Waals surface area (Å²) in [6, 6.07) is 0. The van der Waals surface area contributed by atoms with Gasteiger partial charge in [-0.3, -0.25) is 0 Å². The summed E-state index contributed by atoms with van der Waals surface area (Å²) >= 11 is 0. The van der Waals surface area contributed by atoms with Crippen molar-refractivity contribution in [2.45, 2.75) is 24.4 Å². The highest BCUT2D eigenvalue weighted by atomic mass is 19.3. The van der Waals surface area contributed by atoms with Crippen LogP contribution in [-0.4, -0.2) is 46.3 Å². The van der Waals surface area contributed by atoms with Gasteiger partial charge in [0.05, 0.1) is 6.61 Å². The molecule has 3 atom stereocenters. The summed E-state index contributed by atoms with van der Waals surface area (Å²) in [7, 11) is 0. The standard InChI is InChI=1S/C5H8F2O4/c6-5(7)3(9)2(1-8)11-4(5)10/h2-4,8-10H,1H2/t2-,3-,4+/m0/s1. The van der Waals surface area contributed by atoms with Crippen molar-refractivity contribution in [2.75, 3.05) is 6.61 Å². The predicted octanol–water partition coefficient (Wildman–Crippen LogP) is -1.31. The van der Waals surface area contributed by atoms with Crippen molar-refractivity contribution in [1.29, 1.82) is 0 Å². The van der Waals surface area contributed by atoms with Gasteiger partial charge < -0.3 is 20.1 Å². The van der Waals surface area contributed by atoms with Crippen LogP contribution in [0.25, 0.3) is 0 Å². The lowest BCUT2D eigenvalue weighted by atomic mass is 10.1. The highest BCUT2D eigenvalue weighted by Gasteiger charge is 2.57. The Bertz CT molecular complexity index is 151. The topological polar surface area (TPSA) is 69.9 Å². The smallest absolute Gasteiger partial charge is 0.325 e. The van der Waals surface area contributed by atoms with Crippen LogP contribution in [0, 0.1) is 0 Å². The third-order valence-corrected chi connectivity index (χ3v) is 1.56. The van der Waals surface area contributed by atoms with Gasteiger partial charge in [0.15, 0.2) is 6.10 Å². The van der Waals surface area contributed by atoms with Gasteiger partial charge in [-0.25, -0.2) is 0 Å². The maximum atomic E-state index is 12.4. The molecule has 0 radical (unpaired) electrons. The van der Waals surface area contributed by atoms with Crippen LogP contribution in [0.1, 0.15) is 0 Å². The van der Waals surface area contributed by atoms with E-state index in [0.717, 1.165) is 0 Å². The Hall–Kier alpha value is -0.300. The minimum atomic E-state index is -3.69. The molecule has 66 valence electrons. The average molecular weight is 170 g/mol. The Morgan fingerprint density at radius 1 is 1.36 bits per heavy atom. The van der Waals surface area contributed by atoms with Gasteiger partial charge in [-0.1, -0.05) is 0 Å². The molecule has 0 aliphatic carbocycles. The molecule has 11 heavy (non-hydrogen) atoms. The second-order valence-corrected chi connectivity index (χ2v) is 2.33. The van der Waals surface area contributed by atoms with Crippen LogP contribution < -0.4 is 0 Å². The lowest BCUT2D eigenvalue weighted by Gasteiger charge is -2.14. The lowest BCUT2D eigenvalue weighted by Crippen LogP contribution is -2.40. The fourth-order valence-electron chi connectivity index (χ4n) is 0.868. The van der Waals surface area contributed by atoms with E-state index in [-0.39, 0.29) is 0 Å². The van der Waals surface area contributed by atoms with E-state index in [0.29, 0.717) is 0 Å². The van der Waals surface area contributed by atoms with Crippen molar-refractivity contribution in [3.63, 3.8) is 0 Å². The number of halogens is 2. The Labute approximate surface area is 61.0 Å². The van der Waals surface area contributed by atoms with Crippen LogP contribution in [0.5, 0.6) is 0 Å². The molecule has 0 amide bonds. The molecule has 1 saturated heterocycles. The Morgan fingerprint density at radius 2 is 1.91 bits per heavy atom.